The van der Waals surface area contributed by atoms with Crippen LogP contribution in [0.25, 0.3) is 0 Å². The molecule has 0 unspecified atom stereocenters. The van der Waals surface area contributed by atoms with Crippen LogP contribution in [0, 0.1) is 12.8 Å². The molecule has 0 spiro atoms. The standard InChI is InChI=1S/C20H29N3O2S/c1-14-8-12-26-18(14)20(25)22-10-6-17(7-11-22)23-9-2-3-15(13-23)19(24)21-16-4-5-16/h8,12,15-17H,2-7,9-11,13H2,1H3,(H,21,24)/t15-/m0/s1. The molecular weight excluding hydrogens is 346 g/mol. The van der Waals surface area contributed by atoms with Gasteiger partial charge in [-0.05, 0) is 69.0 Å². The maximum absolute atomic E-state index is 12.7. The second-order valence-electron chi connectivity index (χ2n) is 8.07. The van der Waals surface area contributed by atoms with Crippen LogP contribution in [-0.2, 0) is 4.79 Å². The van der Waals surface area contributed by atoms with E-state index in [2.05, 4.69) is 10.2 Å². The molecule has 1 N–H and O–H groups in total. The van der Waals surface area contributed by atoms with Gasteiger partial charge in [-0.2, -0.15) is 0 Å². The molecule has 142 valence electrons. The van der Waals surface area contributed by atoms with Gasteiger partial charge in [0.1, 0.15) is 0 Å². The first-order chi connectivity index (χ1) is 12.6. The molecule has 3 fully saturated rings. The van der Waals surface area contributed by atoms with Crippen LogP contribution in [0.4, 0.5) is 0 Å². The summed E-state index contributed by atoms with van der Waals surface area (Å²) in [6.07, 6.45) is 6.47. The molecule has 1 atom stereocenters. The zero-order valence-corrected chi connectivity index (χ0v) is 16.4. The Balaban J connectivity index is 1.29. The van der Waals surface area contributed by atoms with Crippen LogP contribution in [0.5, 0.6) is 0 Å². The van der Waals surface area contributed by atoms with Crippen molar-refractivity contribution in [1.82, 2.24) is 15.1 Å². The molecule has 1 aromatic heterocycles. The number of piperidine rings is 2. The van der Waals surface area contributed by atoms with Crippen LogP contribution >= 0.6 is 11.3 Å². The third-order valence-corrected chi connectivity index (χ3v) is 7.08. The lowest BCUT2D eigenvalue weighted by Gasteiger charge is -2.42. The molecule has 3 heterocycles. The summed E-state index contributed by atoms with van der Waals surface area (Å²) in [6.45, 7) is 5.65. The van der Waals surface area contributed by atoms with Gasteiger partial charge >= 0.3 is 0 Å². The maximum atomic E-state index is 12.7. The van der Waals surface area contributed by atoms with Crippen molar-refractivity contribution in [2.45, 2.75) is 57.5 Å². The fourth-order valence-electron chi connectivity index (χ4n) is 4.27. The molecule has 1 aliphatic carbocycles. The predicted octanol–water partition coefficient (Wildman–Crippen LogP) is 2.65. The second kappa shape index (κ2) is 7.69. The summed E-state index contributed by atoms with van der Waals surface area (Å²) in [7, 11) is 0. The Morgan fingerprint density at radius 3 is 2.54 bits per heavy atom. The SMILES string of the molecule is Cc1ccsc1C(=O)N1CCC(N2CCC[C@H](C(=O)NC3CC3)C2)CC1. The summed E-state index contributed by atoms with van der Waals surface area (Å²) in [4.78, 5) is 30.5. The number of carbonyl (C=O) groups excluding carboxylic acids is 2. The molecule has 1 aromatic rings. The average molecular weight is 376 g/mol. The lowest BCUT2D eigenvalue weighted by Crippen LogP contribution is -2.51. The number of hydrogen-bond donors (Lipinski definition) is 1. The highest BCUT2D eigenvalue weighted by atomic mass is 32.1. The molecule has 2 amide bonds. The van der Waals surface area contributed by atoms with Gasteiger partial charge in [0, 0.05) is 31.7 Å². The molecule has 6 heteroatoms. The average Bonchev–Trinajstić information content (AvgIpc) is 3.39. The van der Waals surface area contributed by atoms with Crippen molar-refractivity contribution in [2.75, 3.05) is 26.2 Å². The lowest BCUT2D eigenvalue weighted by atomic mass is 9.93. The third kappa shape index (κ3) is 3.96. The molecular formula is C20H29N3O2S. The fraction of sp³-hybridized carbons (Fsp3) is 0.700. The normalized spacial score (nSPS) is 25.3. The highest BCUT2D eigenvalue weighted by molar-refractivity contribution is 7.12. The van der Waals surface area contributed by atoms with E-state index in [-0.39, 0.29) is 17.7 Å². The van der Waals surface area contributed by atoms with Crippen LogP contribution in [-0.4, -0.2) is 59.9 Å². The van der Waals surface area contributed by atoms with Crippen molar-refractivity contribution in [3.05, 3.63) is 21.9 Å². The van der Waals surface area contributed by atoms with E-state index in [9.17, 15) is 9.59 Å². The topological polar surface area (TPSA) is 52.7 Å². The van der Waals surface area contributed by atoms with Crippen molar-refractivity contribution < 1.29 is 9.59 Å². The Morgan fingerprint density at radius 1 is 1.12 bits per heavy atom. The molecule has 0 radical (unpaired) electrons. The monoisotopic (exact) mass is 375 g/mol. The van der Waals surface area contributed by atoms with E-state index in [1.54, 1.807) is 11.3 Å². The number of thiophene rings is 1. The summed E-state index contributed by atoms with van der Waals surface area (Å²) in [5.74, 6) is 0.604. The minimum atomic E-state index is 0.151. The van der Waals surface area contributed by atoms with Crippen molar-refractivity contribution in [3.8, 4) is 0 Å². The molecule has 0 bridgehead atoms. The van der Waals surface area contributed by atoms with Gasteiger partial charge in [-0.1, -0.05) is 0 Å². The van der Waals surface area contributed by atoms with Crippen molar-refractivity contribution in [1.29, 1.82) is 0 Å². The Hall–Kier alpha value is -1.40. The van der Waals surface area contributed by atoms with E-state index < -0.39 is 0 Å². The molecule has 5 nitrogen and oxygen atoms in total. The molecule has 3 aliphatic rings. The third-order valence-electron chi connectivity index (χ3n) is 6.07. The number of amides is 2. The van der Waals surface area contributed by atoms with E-state index in [1.807, 2.05) is 23.3 Å². The highest BCUT2D eigenvalue weighted by Crippen LogP contribution is 2.27. The Morgan fingerprint density at radius 2 is 1.88 bits per heavy atom. The molecule has 2 aliphatic heterocycles. The second-order valence-corrected chi connectivity index (χ2v) is 8.99. The summed E-state index contributed by atoms with van der Waals surface area (Å²) < 4.78 is 0. The first kappa shape index (κ1) is 18.0. The van der Waals surface area contributed by atoms with Crippen LogP contribution in [0.15, 0.2) is 11.4 Å². The minimum Gasteiger partial charge on any atom is -0.353 e. The number of likely N-dealkylation sites (tertiary alicyclic amines) is 2. The van der Waals surface area contributed by atoms with Gasteiger partial charge < -0.3 is 10.2 Å². The van der Waals surface area contributed by atoms with Gasteiger partial charge in [-0.3, -0.25) is 14.5 Å². The number of rotatable bonds is 4. The number of nitrogens with one attached hydrogen (secondary N) is 1. The van der Waals surface area contributed by atoms with Gasteiger partial charge in [0.2, 0.25) is 5.91 Å². The first-order valence-corrected chi connectivity index (χ1v) is 10.9. The fourth-order valence-corrected chi connectivity index (χ4v) is 5.16. The molecule has 26 heavy (non-hydrogen) atoms. The lowest BCUT2D eigenvalue weighted by molar-refractivity contribution is -0.127. The maximum Gasteiger partial charge on any atom is 0.264 e. The summed E-state index contributed by atoms with van der Waals surface area (Å²) in [6, 6.07) is 2.98. The minimum absolute atomic E-state index is 0.151. The number of nitrogens with zero attached hydrogens (tertiary/aromatic N) is 2. The Bertz CT molecular complexity index is 662. The van der Waals surface area contributed by atoms with Crippen molar-refractivity contribution in [2.24, 2.45) is 5.92 Å². The molecule has 0 aromatic carbocycles. The predicted molar refractivity (Wildman–Crippen MR) is 103 cm³/mol. The molecule has 1 saturated carbocycles. The highest BCUT2D eigenvalue weighted by Gasteiger charge is 2.34. The molecule has 4 rings (SSSR count). The van der Waals surface area contributed by atoms with Crippen LogP contribution < -0.4 is 5.32 Å². The summed E-state index contributed by atoms with van der Waals surface area (Å²) >= 11 is 1.55. The van der Waals surface area contributed by atoms with Gasteiger partial charge in [0.25, 0.3) is 5.91 Å². The van der Waals surface area contributed by atoms with Crippen LogP contribution in [0.1, 0.15) is 53.8 Å². The quantitative estimate of drug-likeness (QED) is 0.880. The van der Waals surface area contributed by atoms with Gasteiger partial charge in [0.05, 0.1) is 10.8 Å². The number of hydrogen-bond acceptors (Lipinski definition) is 4. The van der Waals surface area contributed by atoms with Gasteiger partial charge in [-0.15, -0.1) is 11.3 Å². The van der Waals surface area contributed by atoms with E-state index in [0.29, 0.717) is 12.1 Å². The van der Waals surface area contributed by atoms with Crippen molar-refractivity contribution in [3.63, 3.8) is 0 Å². The first-order valence-electron chi connectivity index (χ1n) is 9.99. The Labute approximate surface area is 159 Å². The number of aryl methyl sites for hydroxylation is 1. The van der Waals surface area contributed by atoms with E-state index in [0.717, 1.165) is 75.1 Å². The summed E-state index contributed by atoms with van der Waals surface area (Å²) in [5.41, 5.74) is 1.09. The van der Waals surface area contributed by atoms with E-state index in [1.165, 1.54) is 0 Å². The summed E-state index contributed by atoms with van der Waals surface area (Å²) in [5, 5.41) is 5.17. The van der Waals surface area contributed by atoms with Gasteiger partial charge in [-0.25, -0.2) is 0 Å². The Kier molecular flexibility index (Phi) is 5.32. The van der Waals surface area contributed by atoms with E-state index >= 15 is 0 Å². The smallest absolute Gasteiger partial charge is 0.264 e. The van der Waals surface area contributed by atoms with E-state index in [4.69, 9.17) is 0 Å². The zero-order chi connectivity index (χ0) is 18.1. The largest absolute Gasteiger partial charge is 0.353 e. The number of carbonyl (C=O) groups is 2. The zero-order valence-electron chi connectivity index (χ0n) is 15.6. The van der Waals surface area contributed by atoms with Crippen molar-refractivity contribution >= 4 is 23.2 Å². The van der Waals surface area contributed by atoms with Crippen LogP contribution in [0.3, 0.4) is 0 Å². The van der Waals surface area contributed by atoms with Crippen LogP contribution in [0.2, 0.25) is 0 Å². The molecule has 2 saturated heterocycles. The van der Waals surface area contributed by atoms with Gasteiger partial charge in [0.15, 0.2) is 0 Å².